The Morgan fingerprint density at radius 1 is 1.60 bits per heavy atom. The Kier molecular flexibility index (Phi) is 4.81. The van der Waals surface area contributed by atoms with Crippen molar-refractivity contribution < 1.29 is 9.90 Å². The summed E-state index contributed by atoms with van der Waals surface area (Å²) in [5.74, 6) is 5.63. The minimum Gasteiger partial charge on any atom is -0.384 e. The van der Waals surface area contributed by atoms with Crippen LogP contribution in [0.2, 0.25) is 0 Å². The summed E-state index contributed by atoms with van der Waals surface area (Å²) in [7, 11) is 4.10. The lowest BCUT2D eigenvalue weighted by atomic mass is 10.2. The number of carbonyl (C=O) groups is 1. The summed E-state index contributed by atoms with van der Waals surface area (Å²) in [6, 6.07) is 2.35. The largest absolute Gasteiger partial charge is 0.384 e. The van der Waals surface area contributed by atoms with E-state index in [0.717, 1.165) is 34.8 Å². The number of aliphatic hydroxyl groups excluding tert-OH is 1. The van der Waals surface area contributed by atoms with Crippen molar-refractivity contribution in [2.75, 3.05) is 33.8 Å². The molecular formula is C15H20N2O2S. The molecule has 20 heavy (non-hydrogen) atoms. The molecule has 4 nitrogen and oxygen atoms in total. The number of aliphatic hydroxyl groups is 1. The number of likely N-dealkylation sites (tertiary alicyclic amines) is 1. The summed E-state index contributed by atoms with van der Waals surface area (Å²) in [6.07, 6.45) is 1.03. The maximum atomic E-state index is 12.5. The van der Waals surface area contributed by atoms with Crippen molar-refractivity contribution >= 4 is 17.2 Å². The second kappa shape index (κ2) is 6.40. The average molecular weight is 292 g/mol. The highest BCUT2D eigenvalue weighted by atomic mass is 32.1. The van der Waals surface area contributed by atoms with Crippen molar-refractivity contribution in [3.05, 3.63) is 21.4 Å². The van der Waals surface area contributed by atoms with Crippen molar-refractivity contribution in [1.82, 2.24) is 9.80 Å². The first-order valence-electron chi connectivity index (χ1n) is 6.68. The monoisotopic (exact) mass is 292 g/mol. The topological polar surface area (TPSA) is 43.8 Å². The molecule has 0 radical (unpaired) electrons. The van der Waals surface area contributed by atoms with Crippen LogP contribution in [0.5, 0.6) is 0 Å². The molecule has 5 heteroatoms. The van der Waals surface area contributed by atoms with Crippen molar-refractivity contribution in [2.45, 2.75) is 19.4 Å². The van der Waals surface area contributed by atoms with Crippen LogP contribution >= 0.6 is 11.3 Å². The molecule has 2 rings (SSSR count). The van der Waals surface area contributed by atoms with Gasteiger partial charge in [-0.25, -0.2) is 0 Å². The van der Waals surface area contributed by atoms with Gasteiger partial charge in [-0.1, -0.05) is 11.8 Å². The SMILES string of the molecule is Cc1cc(C(=O)N2CCC(N(C)C)C2)sc1C#CCO. The van der Waals surface area contributed by atoms with E-state index in [0.29, 0.717) is 6.04 Å². The molecule has 0 saturated carbocycles. The minimum atomic E-state index is -0.155. The number of rotatable bonds is 2. The van der Waals surface area contributed by atoms with Crippen LogP contribution in [0, 0.1) is 18.8 Å². The van der Waals surface area contributed by atoms with E-state index in [-0.39, 0.29) is 12.5 Å². The van der Waals surface area contributed by atoms with Gasteiger partial charge in [0.15, 0.2) is 0 Å². The second-order valence-corrected chi connectivity index (χ2v) is 6.29. The first-order valence-corrected chi connectivity index (χ1v) is 7.50. The number of hydrogen-bond donors (Lipinski definition) is 1. The molecule has 1 N–H and O–H groups in total. The Labute approximate surface area is 124 Å². The molecule has 0 aromatic carbocycles. The molecule has 1 unspecified atom stereocenters. The molecule has 1 fully saturated rings. The van der Waals surface area contributed by atoms with Crippen molar-refractivity contribution in [2.24, 2.45) is 0 Å². The molecule has 1 atom stereocenters. The Morgan fingerprint density at radius 3 is 2.95 bits per heavy atom. The number of hydrogen-bond acceptors (Lipinski definition) is 4. The van der Waals surface area contributed by atoms with Gasteiger partial charge >= 0.3 is 0 Å². The Hall–Kier alpha value is -1.35. The van der Waals surface area contributed by atoms with Crippen molar-refractivity contribution in [3.63, 3.8) is 0 Å². The lowest BCUT2D eigenvalue weighted by Gasteiger charge is -2.19. The van der Waals surface area contributed by atoms with Gasteiger partial charge in [0.1, 0.15) is 6.61 Å². The maximum absolute atomic E-state index is 12.5. The number of likely N-dealkylation sites (N-methyl/N-ethyl adjacent to an activating group) is 1. The molecule has 0 spiro atoms. The predicted octanol–water partition coefficient (Wildman–Crippen LogP) is 1.18. The fraction of sp³-hybridized carbons (Fsp3) is 0.533. The van der Waals surface area contributed by atoms with Crippen LogP contribution in [0.4, 0.5) is 0 Å². The van der Waals surface area contributed by atoms with Crippen LogP contribution in [0.1, 0.15) is 26.5 Å². The van der Waals surface area contributed by atoms with Crippen LogP contribution in [-0.2, 0) is 0 Å². The van der Waals surface area contributed by atoms with Gasteiger partial charge in [0.25, 0.3) is 5.91 Å². The van der Waals surface area contributed by atoms with E-state index in [2.05, 4.69) is 30.8 Å². The van der Waals surface area contributed by atoms with E-state index in [4.69, 9.17) is 5.11 Å². The van der Waals surface area contributed by atoms with E-state index in [9.17, 15) is 4.79 Å². The zero-order chi connectivity index (χ0) is 14.7. The van der Waals surface area contributed by atoms with E-state index >= 15 is 0 Å². The van der Waals surface area contributed by atoms with Crippen LogP contribution in [0.15, 0.2) is 6.07 Å². The van der Waals surface area contributed by atoms with Crippen LogP contribution in [-0.4, -0.2) is 60.6 Å². The van der Waals surface area contributed by atoms with Gasteiger partial charge in [0, 0.05) is 19.1 Å². The zero-order valence-corrected chi connectivity index (χ0v) is 13.0. The first kappa shape index (κ1) is 15.0. The highest BCUT2D eigenvalue weighted by Gasteiger charge is 2.28. The normalized spacial score (nSPS) is 18.2. The molecule has 1 amide bonds. The molecule has 2 heterocycles. The third kappa shape index (κ3) is 3.21. The average Bonchev–Trinajstić information content (AvgIpc) is 3.02. The third-order valence-electron chi connectivity index (χ3n) is 3.59. The standard InChI is InChI=1S/C15H20N2O2S/c1-11-9-14(20-13(11)5-4-8-18)15(19)17-7-6-12(10-17)16(2)3/h9,12,18H,6-8,10H2,1-3H3. The molecule has 0 bridgehead atoms. The number of nitrogens with zero attached hydrogens (tertiary/aromatic N) is 2. The molecule has 108 valence electrons. The maximum Gasteiger partial charge on any atom is 0.264 e. The summed E-state index contributed by atoms with van der Waals surface area (Å²) in [6.45, 7) is 3.40. The smallest absolute Gasteiger partial charge is 0.264 e. The van der Waals surface area contributed by atoms with Crippen LogP contribution in [0.25, 0.3) is 0 Å². The van der Waals surface area contributed by atoms with E-state index < -0.39 is 0 Å². The fourth-order valence-corrected chi connectivity index (χ4v) is 3.35. The molecular weight excluding hydrogens is 272 g/mol. The molecule has 1 aromatic heterocycles. The summed E-state index contributed by atoms with van der Waals surface area (Å²) >= 11 is 1.41. The Bertz CT molecular complexity index is 554. The van der Waals surface area contributed by atoms with Gasteiger partial charge in [0.2, 0.25) is 0 Å². The lowest BCUT2D eigenvalue weighted by molar-refractivity contribution is 0.0788. The molecule has 1 saturated heterocycles. The number of carbonyl (C=O) groups excluding carboxylic acids is 1. The van der Waals surface area contributed by atoms with Gasteiger partial charge in [-0.2, -0.15) is 0 Å². The number of amides is 1. The van der Waals surface area contributed by atoms with Crippen molar-refractivity contribution in [3.8, 4) is 11.8 Å². The highest BCUT2D eigenvalue weighted by molar-refractivity contribution is 7.14. The van der Waals surface area contributed by atoms with E-state index in [1.807, 2.05) is 17.9 Å². The first-order chi connectivity index (χ1) is 9.52. The quantitative estimate of drug-likeness (QED) is 0.832. The lowest BCUT2D eigenvalue weighted by Crippen LogP contribution is -2.34. The minimum absolute atomic E-state index is 0.0968. The van der Waals surface area contributed by atoms with Crippen LogP contribution < -0.4 is 0 Å². The van der Waals surface area contributed by atoms with Gasteiger partial charge in [0.05, 0.1) is 9.75 Å². The number of thiophene rings is 1. The molecule has 0 aliphatic carbocycles. The van der Waals surface area contributed by atoms with Gasteiger partial charge in [-0.05, 0) is 39.1 Å². The van der Waals surface area contributed by atoms with Gasteiger partial charge < -0.3 is 14.9 Å². The summed E-state index contributed by atoms with van der Waals surface area (Å²) in [5.41, 5.74) is 1.00. The summed E-state index contributed by atoms with van der Waals surface area (Å²) < 4.78 is 0. The van der Waals surface area contributed by atoms with Crippen LogP contribution in [0.3, 0.4) is 0 Å². The fourth-order valence-electron chi connectivity index (χ4n) is 2.34. The Balaban J connectivity index is 2.10. The molecule has 1 aliphatic rings. The van der Waals surface area contributed by atoms with Crippen molar-refractivity contribution in [1.29, 1.82) is 0 Å². The third-order valence-corrected chi connectivity index (χ3v) is 4.73. The molecule has 1 aliphatic heterocycles. The highest BCUT2D eigenvalue weighted by Crippen LogP contribution is 2.24. The van der Waals surface area contributed by atoms with E-state index in [1.165, 1.54) is 11.3 Å². The van der Waals surface area contributed by atoms with E-state index in [1.54, 1.807) is 0 Å². The van der Waals surface area contributed by atoms with Gasteiger partial charge in [-0.15, -0.1) is 11.3 Å². The summed E-state index contributed by atoms with van der Waals surface area (Å²) in [4.78, 5) is 18.2. The zero-order valence-electron chi connectivity index (χ0n) is 12.1. The second-order valence-electron chi connectivity index (χ2n) is 5.24. The number of aryl methyl sites for hydroxylation is 1. The van der Waals surface area contributed by atoms with Gasteiger partial charge in [-0.3, -0.25) is 4.79 Å². The predicted molar refractivity (Wildman–Crippen MR) is 81.0 cm³/mol. The Morgan fingerprint density at radius 2 is 2.35 bits per heavy atom. The molecule has 1 aromatic rings. The summed E-state index contributed by atoms with van der Waals surface area (Å²) in [5, 5.41) is 8.74.